The molecule has 3 N–H and O–H groups in total. The number of pyridine rings is 1. The minimum atomic E-state index is 0.0573. The van der Waals surface area contributed by atoms with Crippen molar-refractivity contribution in [1.82, 2.24) is 29.8 Å². The average molecular weight is 476 g/mol. The third kappa shape index (κ3) is 4.61. The van der Waals surface area contributed by atoms with E-state index in [1.54, 1.807) is 24.9 Å². The number of ether oxygens (including phenoxy) is 2. The Morgan fingerprint density at radius 3 is 2.77 bits per heavy atom. The first kappa shape index (κ1) is 23.0. The number of nitrogens with two attached hydrogens (primary N) is 1. The smallest absolute Gasteiger partial charge is 0.213 e. The Hall–Kier alpha value is -3.79. The van der Waals surface area contributed by atoms with Crippen LogP contribution < -0.4 is 10.5 Å². The van der Waals surface area contributed by atoms with Gasteiger partial charge in [0.15, 0.2) is 11.6 Å². The number of nitrogen functional groups attached to an aromatic ring is 1. The normalized spacial score (nSPS) is 18.1. The average Bonchev–Trinajstić information content (AvgIpc) is 3.51. The van der Waals surface area contributed by atoms with Gasteiger partial charge >= 0.3 is 0 Å². The molecule has 4 aromatic heterocycles. The first-order valence-electron chi connectivity index (χ1n) is 11.8. The summed E-state index contributed by atoms with van der Waals surface area (Å²) in [4.78, 5) is 21.8. The van der Waals surface area contributed by atoms with Crippen molar-refractivity contribution in [1.29, 1.82) is 0 Å². The monoisotopic (exact) mass is 475 g/mol. The number of carbonyl (C=O) groups is 1. The van der Waals surface area contributed by atoms with Gasteiger partial charge in [-0.25, -0.2) is 14.5 Å². The fourth-order valence-corrected chi connectivity index (χ4v) is 5.02. The molecule has 0 aliphatic heterocycles. The number of anilines is 1. The number of Topliss-reactive ketones (excluding diaryl/α,β-unsaturated/α-hetero) is 1. The van der Waals surface area contributed by atoms with Gasteiger partial charge in [0.1, 0.15) is 11.8 Å². The molecule has 4 aromatic rings. The molecule has 0 aromatic carbocycles. The SMILES string of the molecule is COCc1cc(C2CCC(CC(=O)c3cc(-c4ccnc(OC)c4)n4ncnc(N)c34)CC2)n[nH]1. The lowest BCUT2D eigenvalue weighted by molar-refractivity contribution is 0.0949. The molecule has 1 fully saturated rings. The molecule has 0 bridgehead atoms. The zero-order valence-electron chi connectivity index (χ0n) is 19.9. The standard InChI is InChI=1S/C25H29N7O3/c1-34-13-18-11-20(31-30-18)16-5-3-15(4-6-16)9-22(33)19-12-21(17-7-8-27-23(10-17)35-2)32-24(19)25(26)28-14-29-32/h7-8,10-12,14-16H,3-6,9,13H2,1-2H3,(H,30,31)(H2,26,28,29). The maximum atomic E-state index is 13.5. The van der Waals surface area contributed by atoms with E-state index in [0.29, 0.717) is 41.8 Å². The van der Waals surface area contributed by atoms with Crippen molar-refractivity contribution in [3.8, 4) is 17.1 Å². The third-order valence-corrected chi connectivity index (χ3v) is 6.81. The molecular weight excluding hydrogens is 446 g/mol. The van der Waals surface area contributed by atoms with Crippen LogP contribution in [-0.4, -0.2) is 49.8 Å². The van der Waals surface area contributed by atoms with Gasteiger partial charge in [0.25, 0.3) is 0 Å². The van der Waals surface area contributed by atoms with E-state index < -0.39 is 0 Å². The number of hydrogen-bond donors (Lipinski definition) is 2. The van der Waals surface area contributed by atoms with Gasteiger partial charge in [-0.1, -0.05) is 0 Å². The maximum Gasteiger partial charge on any atom is 0.213 e. The maximum absolute atomic E-state index is 13.5. The van der Waals surface area contributed by atoms with Crippen molar-refractivity contribution < 1.29 is 14.3 Å². The first-order valence-corrected chi connectivity index (χ1v) is 11.8. The molecule has 0 atom stereocenters. The van der Waals surface area contributed by atoms with Crippen LogP contribution in [0.4, 0.5) is 5.82 Å². The van der Waals surface area contributed by atoms with E-state index in [-0.39, 0.29) is 11.6 Å². The largest absolute Gasteiger partial charge is 0.481 e. The van der Waals surface area contributed by atoms with Crippen molar-refractivity contribution in [3.63, 3.8) is 0 Å². The number of ketones is 1. The molecule has 0 radical (unpaired) electrons. The number of rotatable bonds is 8. The number of aromatic amines is 1. The summed E-state index contributed by atoms with van der Waals surface area (Å²) >= 11 is 0. The summed E-state index contributed by atoms with van der Waals surface area (Å²) in [6.45, 7) is 0.531. The van der Waals surface area contributed by atoms with E-state index in [1.807, 2.05) is 18.2 Å². The highest BCUT2D eigenvalue weighted by Crippen LogP contribution is 2.38. The number of nitrogens with one attached hydrogen (secondary N) is 1. The molecule has 10 nitrogen and oxygen atoms in total. The number of fused-ring (bicyclic) bond motifs is 1. The van der Waals surface area contributed by atoms with Crippen LogP contribution in [0.25, 0.3) is 16.8 Å². The summed E-state index contributed by atoms with van der Waals surface area (Å²) in [5.74, 6) is 1.55. The molecule has 1 saturated carbocycles. The minimum Gasteiger partial charge on any atom is -0.481 e. The fraction of sp³-hybridized carbons (Fsp3) is 0.400. The fourth-order valence-electron chi connectivity index (χ4n) is 5.02. The van der Waals surface area contributed by atoms with Crippen LogP contribution in [-0.2, 0) is 11.3 Å². The van der Waals surface area contributed by atoms with Gasteiger partial charge < -0.3 is 15.2 Å². The molecule has 0 saturated heterocycles. The molecule has 0 unspecified atom stereocenters. The van der Waals surface area contributed by atoms with Crippen LogP contribution in [0.1, 0.15) is 59.8 Å². The first-order chi connectivity index (χ1) is 17.1. The van der Waals surface area contributed by atoms with Crippen LogP contribution in [0.2, 0.25) is 0 Å². The van der Waals surface area contributed by atoms with Crippen LogP contribution in [0, 0.1) is 5.92 Å². The second-order valence-electron chi connectivity index (χ2n) is 9.03. The predicted octanol–water partition coefficient (Wildman–Crippen LogP) is 3.80. The third-order valence-electron chi connectivity index (χ3n) is 6.81. The molecule has 1 aliphatic rings. The number of aromatic nitrogens is 6. The predicted molar refractivity (Wildman–Crippen MR) is 130 cm³/mol. The number of H-pyrrole nitrogens is 1. The van der Waals surface area contributed by atoms with E-state index in [1.165, 1.54) is 6.33 Å². The molecule has 182 valence electrons. The van der Waals surface area contributed by atoms with Crippen LogP contribution in [0.3, 0.4) is 0 Å². The molecule has 10 heteroatoms. The van der Waals surface area contributed by atoms with E-state index >= 15 is 0 Å². The van der Waals surface area contributed by atoms with Gasteiger partial charge in [-0.05, 0) is 49.8 Å². The summed E-state index contributed by atoms with van der Waals surface area (Å²) in [6, 6.07) is 7.60. The summed E-state index contributed by atoms with van der Waals surface area (Å²) in [7, 11) is 3.24. The van der Waals surface area contributed by atoms with Gasteiger partial charge in [0.05, 0.1) is 30.8 Å². The molecule has 1 aliphatic carbocycles. The Labute approximate surface area is 202 Å². The van der Waals surface area contributed by atoms with E-state index in [2.05, 4.69) is 31.3 Å². The summed E-state index contributed by atoms with van der Waals surface area (Å²) in [6.07, 6.45) is 7.51. The summed E-state index contributed by atoms with van der Waals surface area (Å²) in [5.41, 5.74) is 10.9. The second-order valence-corrected chi connectivity index (χ2v) is 9.03. The molecule has 5 rings (SSSR count). The Kier molecular flexibility index (Phi) is 6.45. The summed E-state index contributed by atoms with van der Waals surface area (Å²) < 4.78 is 12.1. The van der Waals surface area contributed by atoms with Gasteiger partial charge in [-0.3, -0.25) is 9.89 Å². The van der Waals surface area contributed by atoms with E-state index in [9.17, 15) is 4.79 Å². The van der Waals surface area contributed by atoms with Gasteiger partial charge in [0.2, 0.25) is 5.88 Å². The van der Waals surface area contributed by atoms with E-state index in [0.717, 1.165) is 48.3 Å². The highest BCUT2D eigenvalue weighted by atomic mass is 16.5. The number of hydrogen-bond acceptors (Lipinski definition) is 8. The van der Waals surface area contributed by atoms with Crippen LogP contribution in [0.15, 0.2) is 36.8 Å². The molecule has 35 heavy (non-hydrogen) atoms. The van der Waals surface area contributed by atoms with Gasteiger partial charge in [0, 0.05) is 42.8 Å². The Morgan fingerprint density at radius 1 is 1.17 bits per heavy atom. The van der Waals surface area contributed by atoms with Gasteiger partial charge in [-0.15, -0.1) is 0 Å². The highest BCUT2D eigenvalue weighted by molar-refractivity contribution is 6.06. The lowest BCUT2D eigenvalue weighted by Gasteiger charge is -2.27. The second kappa shape index (κ2) is 9.83. The molecular formula is C25H29N7O3. The van der Waals surface area contributed by atoms with Crippen molar-refractivity contribution in [2.75, 3.05) is 20.0 Å². The van der Waals surface area contributed by atoms with Crippen molar-refractivity contribution in [3.05, 3.63) is 53.7 Å². The Morgan fingerprint density at radius 2 is 2.00 bits per heavy atom. The van der Waals surface area contributed by atoms with Crippen molar-refractivity contribution >= 4 is 17.1 Å². The zero-order valence-corrected chi connectivity index (χ0v) is 19.9. The molecule has 0 amide bonds. The molecule has 0 spiro atoms. The number of methoxy groups -OCH3 is 2. The van der Waals surface area contributed by atoms with E-state index in [4.69, 9.17) is 15.2 Å². The minimum absolute atomic E-state index is 0.0573. The van der Waals surface area contributed by atoms with Gasteiger partial charge in [-0.2, -0.15) is 10.2 Å². The molecule has 4 heterocycles. The highest BCUT2D eigenvalue weighted by Gasteiger charge is 2.28. The topological polar surface area (TPSA) is 133 Å². The van der Waals surface area contributed by atoms with Crippen LogP contribution >= 0.6 is 0 Å². The number of nitrogens with zero attached hydrogens (tertiary/aromatic N) is 5. The van der Waals surface area contributed by atoms with Crippen LogP contribution in [0.5, 0.6) is 5.88 Å². The quantitative estimate of drug-likeness (QED) is 0.368. The zero-order chi connectivity index (χ0) is 24.4. The van der Waals surface area contributed by atoms with Crippen molar-refractivity contribution in [2.45, 2.75) is 44.6 Å². The Balaban J connectivity index is 1.34. The lowest BCUT2D eigenvalue weighted by Crippen LogP contribution is -2.17. The lowest BCUT2D eigenvalue weighted by atomic mass is 9.78. The Bertz CT molecular complexity index is 1340. The summed E-state index contributed by atoms with van der Waals surface area (Å²) in [5, 5.41) is 11.9. The van der Waals surface area contributed by atoms with Crippen molar-refractivity contribution in [2.24, 2.45) is 5.92 Å². The number of carbonyl (C=O) groups excluding carboxylic acids is 1.